The second-order valence-corrected chi connectivity index (χ2v) is 5.04. The van der Waals surface area contributed by atoms with Crippen LogP contribution in [0.25, 0.3) is 0 Å². The SMILES string of the molecule is CCC(C)OCC(=O)NC1(CC(=O)O)CCOCC1. The molecular weight excluding hydrogens is 250 g/mol. The number of carbonyl (C=O) groups is 2. The van der Waals surface area contributed by atoms with E-state index in [4.69, 9.17) is 14.6 Å². The molecule has 0 aromatic heterocycles. The first-order chi connectivity index (χ1) is 8.97. The number of amides is 1. The van der Waals surface area contributed by atoms with Crippen molar-refractivity contribution in [3.8, 4) is 0 Å². The highest BCUT2D eigenvalue weighted by Crippen LogP contribution is 2.24. The Labute approximate surface area is 113 Å². The molecule has 1 unspecified atom stereocenters. The fraction of sp³-hybridized carbons (Fsp3) is 0.846. The molecule has 1 fully saturated rings. The summed E-state index contributed by atoms with van der Waals surface area (Å²) in [5.41, 5.74) is -0.694. The van der Waals surface area contributed by atoms with E-state index < -0.39 is 11.5 Å². The van der Waals surface area contributed by atoms with E-state index in [-0.39, 0.29) is 25.0 Å². The minimum Gasteiger partial charge on any atom is -0.481 e. The van der Waals surface area contributed by atoms with Gasteiger partial charge in [-0.3, -0.25) is 9.59 Å². The normalized spacial score (nSPS) is 19.7. The topological polar surface area (TPSA) is 84.9 Å². The number of carboxylic acid groups (broad SMARTS) is 1. The van der Waals surface area contributed by atoms with Crippen LogP contribution in [-0.4, -0.2) is 48.4 Å². The van der Waals surface area contributed by atoms with Gasteiger partial charge >= 0.3 is 5.97 Å². The first-order valence-corrected chi connectivity index (χ1v) is 6.69. The maximum atomic E-state index is 11.8. The van der Waals surface area contributed by atoms with Gasteiger partial charge in [0.05, 0.1) is 18.1 Å². The summed E-state index contributed by atoms with van der Waals surface area (Å²) in [5, 5.41) is 11.8. The third-order valence-corrected chi connectivity index (χ3v) is 3.42. The van der Waals surface area contributed by atoms with Crippen LogP contribution in [0.1, 0.15) is 39.5 Å². The first kappa shape index (κ1) is 15.9. The summed E-state index contributed by atoms with van der Waals surface area (Å²) in [4.78, 5) is 22.8. The van der Waals surface area contributed by atoms with Gasteiger partial charge in [0.2, 0.25) is 5.91 Å². The van der Waals surface area contributed by atoms with Crippen molar-refractivity contribution in [2.75, 3.05) is 19.8 Å². The molecule has 19 heavy (non-hydrogen) atoms. The molecule has 1 aliphatic heterocycles. The molecule has 0 aliphatic carbocycles. The Kier molecular flexibility index (Phi) is 6.24. The molecule has 110 valence electrons. The summed E-state index contributed by atoms with van der Waals surface area (Å²) >= 11 is 0. The Hall–Kier alpha value is -1.14. The zero-order valence-corrected chi connectivity index (χ0v) is 11.6. The van der Waals surface area contributed by atoms with Crippen LogP contribution >= 0.6 is 0 Å². The van der Waals surface area contributed by atoms with Crippen molar-refractivity contribution in [2.45, 2.75) is 51.2 Å². The van der Waals surface area contributed by atoms with Gasteiger partial charge in [-0.1, -0.05) is 6.92 Å². The quantitative estimate of drug-likeness (QED) is 0.721. The summed E-state index contributed by atoms with van der Waals surface area (Å²) in [6, 6.07) is 0. The minimum atomic E-state index is -0.912. The van der Waals surface area contributed by atoms with Crippen molar-refractivity contribution in [3.05, 3.63) is 0 Å². The van der Waals surface area contributed by atoms with E-state index in [1.807, 2.05) is 13.8 Å². The second-order valence-electron chi connectivity index (χ2n) is 5.04. The van der Waals surface area contributed by atoms with Crippen LogP contribution < -0.4 is 5.32 Å². The molecule has 0 aromatic carbocycles. The van der Waals surface area contributed by atoms with E-state index in [0.717, 1.165) is 6.42 Å². The zero-order valence-electron chi connectivity index (χ0n) is 11.6. The standard InChI is InChI=1S/C13H23NO5/c1-3-10(2)19-9-11(15)14-13(8-12(16)17)4-6-18-7-5-13/h10H,3-9H2,1-2H3,(H,14,15)(H,16,17). The van der Waals surface area contributed by atoms with E-state index in [1.54, 1.807) is 0 Å². The molecule has 0 saturated carbocycles. The second kappa shape index (κ2) is 7.45. The van der Waals surface area contributed by atoms with E-state index >= 15 is 0 Å². The molecule has 1 aliphatic rings. The van der Waals surface area contributed by atoms with Gasteiger partial charge in [0.1, 0.15) is 6.61 Å². The third-order valence-electron chi connectivity index (χ3n) is 3.42. The molecule has 6 heteroatoms. The number of carboxylic acids is 1. The molecule has 0 radical (unpaired) electrons. The average molecular weight is 273 g/mol. The van der Waals surface area contributed by atoms with Gasteiger partial charge in [-0.25, -0.2) is 0 Å². The lowest BCUT2D eigenvalue weighted by Crippen LogP contribution is -2.54. The van der Waals surface area contributed by atoms with Crippen LogP contribution in [0, 0.1) is 0 Å². The molecule has 1 rings (SSSR count). The Morgan fingerprint density at radius 3 is 2.58 bits per heavy atom. The summed E-state index contributed by atoms with van der Waals surface area (Å²) < 4.78 is 10.6. The molecule has 6 nitrogen and oxygen atoms in total. The number of nitrogens with one attached hydrogen (secondary N) is 1. The highest BCUT2D eigenvalue weighted by atomic mass is 16.5. The summed E-state index contributed by atoms with van der Waals surface area (Å²) in [6.07, 6.45) is 1.83. The first-order valence-electron chi connectivity index (χ1n) is 6.69. The van der Waals surface area contributed by atoms with E-state index in [9.17, 15) is 9.59 Å². The van der Waals surface area contributed by atoms with Crippen LogP contribution in [0.2, 0.25) is 0 Å². The third kappa shape index (κ3) is 5.57. The molecule has 2 N–H and O–H groups in total. The van der Waals surface area contributed by atoms with Crippen molar-refractivity contribution in [3.63, 3.8) is 0 Å². The van der Waals surface area contributed by atoms with Crippen LogP contribution in [0.15, 0.2) is 0 Å². The lowest BCUT2D eigenvalue weighted by Gasteiger charge is -2.36. The summed E-state index contributed by atoms with van der Waals surface area (Å²) in [5.74, 6) is -1.17. The summed E-state index contributed by atoms with van der Waals surface area (Å²) in [6.45, 7) is 4.79. The highest BCUT2D eigenvalue weighted by Gasteiger charge is 2.36. The van der Waals surface area contributed by atoms with Gasteiger partial charge in [0.15, 0.2) is 0 Å². The van der Waals surface area contributed by atoms with Gasteiger partial charge < -0.3 is 19.9 Å². The number of rotatable bonds is 7. The van der Waals surface area contributed by atoms with Crippen molar-refractivity contribution >= 4 is 11.9 Å². The monoisotopic (exact) mass is 273 g/mol. The zero-order chi connectivity index (χ0) is 14.3. The molecule has 0 aromatic rings. The molecule has 1 atom stereocenters. The average Bonchev–Trinajstić information content (AvgIpc) is 2.35. The lowest BCUT2D eigenvalue weighted by atomic mass is 9.86. The van der Waals surface area contributed by atoms with Gasteiger partial charge in [-0.2, -0.15) is 0 Å². The van der Waals surface area contributed by atoms with Crippen LogP contribution in [-0.2, 0) is 19.1 Å². The molecule has 0 spiro atoms. The fourth-order valence-electron chi connectivity index (χ4n) is 2.07. The van der Waals surface area contributed by atoms with Gasteiger partial charge in [0, 0.05) is 13.2 Å². The van der Waals surface area contributed by atoms with Crippen molar-refractivity contribution in [1.82, 2.24) is 5.32 Å². The van der Waals surface area contributed by atoms with Crippen molar-refractivity contribution in [1.29, 1.82) is 0 Å². The van der Waals surface area contributed by atoms with Crippen molar-refractivity contribution < 1.29 is 24.2 Å². The largest absolute Gasteiger partial charge is 0.481 e. The van der Waals surface area contributed by atoms with Gasteiger partial charge in [-0.05, 0) is 26.2 Å². The maximum Gasteiger partial charge on any atom is 0.305 e. The summed E-state index contributed by atoms with van der Waals surface area (Å²) in [7, 11) is 0. The molecule has 1 amide bonds. The van der Waals surface area contributed by atoms with Crippen LogP contribution in [0.5, 0.6) is 0 Å². The molecular formula is C13H23NO5. The Morgan fingerprint density at radius 2 is 2.05 bits per heavy atom. The fourth-order valence-corrected chi connectivity index (χ4v) is 2.07. The van der Waals surface area contributed by atoms with E-state index in [1.165, 1.54) is 0 Å². The van der Waals surface area contributed by atoms with Crippen molar-refractivity contribution in [2.24, 2.45) is 0 Å². The predicted octanol–water partition coefficient (Wildman–Crippen LogP) is 0.942. The van der Waals surface area contributed by atoms with E-state index in [2.05, 4.69) is 5.32 Å². The minimum absolute atomic E-state index is 0.0239. The Balaban J connectivity index is 2.52. The number of aliphatic carboxylic acids is 1. The number of ether oxygens (including phenoxy) is 2. The Bertz CT molecular complexity index is 312. The van der Waals surface area contributed by atoms with Crippen LogP contribution in [0.4, 0.5) is 0 Å². The highest BCUT2D eigenvalue weighted by molar-refractivity contribution is 5.79. The number of carbonyl (C=O) groups excluding carboxylic acids is 1. The lowest BCUT2D eigenvalue weighted by molar-refractivity contribution is -0.141. The molecule has 1 heterocycles. The maximum absolute atomic E-state index is 11.8. The van der Waals surface area contributed by atoms with E-state index in [0.29, 0.717) is 26.1 Å². The predicted molar refractivity (Wildman–Crippen MR) is 68.9 cm³/mol. The smallest absolute Gasteiger partial charge is 0.305 e. The number of hydrogen-bond donors (Lipinski definition) is 2. The Morgan fingerprint density at radius 1 is 1.42 bits per heavy atom. The molecule has 0 bridgehead atoms. The van der Waals surface area contributed by atoms with Gasteiger partial charge in [-0.15, -0.1) is 0 Å². The number of hydrogen-bond acceptors (Lipinski definition) is 4. The molecule has 1 saturated heterocycles. The van der Waals surface area contributed by atoms with Gasteiger partial charge in [0.25, 0.3) is 0 Å². The van der Waals surface area contributed by atoms with Crippen LogP contribution in [0.3, 0.4) is 0 Å².